The number of rotatable bonds is 11. The minimum Gasteiger partial charge on any atom is -0.396 e. The van der Waals surface area contributed by atoms with E-state index in [0.29, 0.717) is 37.7 Å². The number of aliphatic hydroxyl groups is 1. The molecule has 0 aromatic carbocycles. The molecule has 132 valence electrons. The summed E-state index contributed by atoms with van der Waals surface area (Å²) in [5, 5.41) is 15.8. The lowest BCUT2D eigenvalue weighted by molar-refractivity contribution is 0.158. The molecule has 0 radical (unpaired) electrons. The number of ether oxygens (including phenoxy) is 1. The monoisotopic (exact) mass is 324 g/mol. The molecule has 0 saturated heterocycles. The summed E-state index contributed by atoms with van der Waals surface area (Å²) in [4.78, 5) is 9.05. The van der Waals surface area contributed by atoms with Gasteiger partial charge in [0, 0.05) is 37.1 Å². The number of aliphatic hydroxyl groups excluding tert-OH is 1. The number of hydrogen-bond donors (Lipinski definition) is 3. The second kappa shape index (κ2) is 10.4. The van der Waals surface area contributed by atoms with Crippen LogP contribution in [0.2, 0.25) is 0 Å². The maximum Gasteiger partial charge on any atom is 0.224 e. The lowest BCUT2D eigenvalue weighted by atomic mass is 10.0. The molecule has 1 unspecified atom stereocenters. The number of nitrogens with zero attached hydrogens (tertiary/aromatic N) is 2. The van der Waals surface area contributed by atoms with Gasteiger partial charge in [0.15, 0.2) is 0 Å². The zero-order valence-corrected chi connectivity index (χ0v) is 15.1. The number of hydrogen-bond acceptors (Lipinski definition) is 6. The van der Waals surface area contributed by atoms with Gasteiger partial charge in [0.05, 0.1) is 6.61 Å². The third kappa shape index (κ3) is 7.14. The SMILES string of the molecule is CCOCCNc1nc(C)c(C)c(N[C@H](C)CCC(C)CO)n1. The fourth-order valence-corrected chi connectivity index (χ4v) is 2.16. The van der Waals surface area contributed by atoms with E-state index < -0.39 is 0 Å². The highest BCUT2D eigenvalue weighted by atomic mass is 16.5. The van der Waals surface area contributed by atoms with Gasteiger partial charge in [-0.25, -0.2) is 4.98 Å². The molecule has 23 heavy (non-hydrogen) atoms. The van der Waals surface area contributed by atoms with E-state index in [1.165, 1.54) is 0 Å². The Morgan fingerprint density at radius 3 is 2.57 bits per heavy atom. The summed E-state index contributed by atoms with van der Waals surface area (Å²) in [6.07, 6.45) is 1.99. The van der Waals surface area contributed by atoms with E-state index in [1.807, 2.05) is 20.8 Å². The predicted molar refractivity (Wildman–Crippen MR) is 95.1 cm³/mol. The molecule has 0 aliphatic rings. The van der Waals surface area contributed by atoms with Gasteiger partial charge in [0.25, 0.3) is 0 Å². The zero-order chi connectivity index (χ0) is 17.2. The van der Waals surface area contributed by atoms with E-state index in [4.69, 9.17) is 9.84 Å². The molecule has 0 saturated carbocycles. The molecule has 0 spiro atoms. The van der Waals surface area contributed by atoms with Crippen molar-refractivity contribution in [2.45, 2.75) is 53.5 Å². The van der Waals surface area contributed by atoms with Gasteiger partial charge in [0.2, 0.25) is 5.95 Å². The quantitative estimate of drug-likeness (QED) is 0.543. The lowest BCUT2D eigenvalue weighted by Gasteiger charge is -2.19. The molecule has 2 atom stereocenters. The smallest absolute Gasteiger partial charge is 0.224 e. The summed E-state index contributed by atoms with van der Waals surface area (Å²) in [7, 11) is 0. The molecule has 0 amide bonds. The molecular formula is C17H32N4O2. The van der Waals surface area contributed by atoms with Gasteiger partial charge in [0.1, 0.15) is 5.82 Å². The van der Waals surface area contributed by atoms with Crippen LogP contribution in [0.5, 0.6) is 0 Å². The summed E-state index contributed by atoms with van der Waals surface area (Å²) >= 11 is 0. The second-order valence-corrected chi connectivity index (χ2v) is 6.14. The summed E-state index contributed by atoms with van der Waals surface area (Å²) < 4.78 is 5.31. The maximum absolute atomic E-state index is 9.12. The highest BCUT2D eigenvalue weighted by Gasteiger charge is 2.11. The first-order valence-corrected chi connectivity index (χ1v) is 8.52. The van der Waals surface area contributed by atoms with Crippen LogP contribution in [0, 0.1) is 19.8 Å². The standard InChI is InChI=1S/C17H32N4O2/c1-6-23-10-9-18-17-20-15(5)14(4)16(21-17)19-13(3)8-7-12(2)11-22/h12-13,22H,6-11H2,1-5H3,(H2,18,19,20,21)/t12?,13-/m1/s1. The highest BCUT2D eigenvalue weighted by molar-refractivity contribution is 5.50. The largest absolute Gasteiger partial charge is 0.396 e. The molecule has 0 bridgehead atoms. The van der Waals surface area contributed by atoms with Crippen LogP contribution < -0.4 is 10.6 Å². The van der Waals surface area contributed by atoms with Gasteiger partial charge < -0.3 is 20.5 Å². The van der Waals surface area contributed by atoms with Crippen LogP contribution in [0.1, 0.15) is 44.9 Å². The number of anilines is 2. The summed E-state index contributed by atoms with van der Waals surface area (Å²) in [6.45, 7) is 12.5. The fourth-order valence-electron chi connectivity index (χ4n) is 2.16. The minimum absolute atomic E-state index is 0.242. The van der Waals surface area contributed by atoms with Crippen LogP contribution in [0.25, 0.3) is 0 Å². The Labute approximate surface area is 140 Å². The molecule has 1 rings (SSSR count). The number of aromatic nitrogens is 2. The van der Waals surface area contributed by atoms with Crippen LogP contribution in [0.15, 0.2) is 0 Å². The predicted octanol–water partition coefficient (Wildman–Crippen LogP) is 2.75. The van der Waals surface area contributed by atoms with Gasteiger partial charge in [-0.15, -0.1) is 0 Å². The Kier molecular flexibility index (Phi) is 8.87. The Balaban J connectivity index is 2.63. The molecule has 1 heterocycles. The number of nitrogens with one attached hydrogen (secondary N) is 2. The van der Waals surface area contributed by atoms with Crippen LogP contribution in [-0.4, -0.2) is 47.5 Å². The minimum atomic E-state index is 0.242. The highest BCUT2D eigenvalue weighted by Crippen LogP contribution is 2.19. The van der Waals surface area contributed by atoms with E-state index in [0.717, 1.165) is 29.9 Å². The van der Waals surface area contributed by atoms with Gasteiger partial charge in [-0.3, -0.25) is 0 Å². The molecule has 6 nitrogen and oxygen atoms in total. The Bertz CT molecular complexity index is 468. The van der Waals surface area contributed by atoms with Gasteiger partial charge in [-0.2, -0.15) is 4.98 Å². The Morgan fingerprint density at radius 1 is 1.17 bits per heavy atom. The Hall–Kier alpha value is -1.40. The van der Waals surface area contributed by atoms with Crippen molar-refractivity contribution >= 4 is 11.8 Å². The lowest BCUT2D eigenvalue weighted by Crippen LogP contribution is -2.20. The van der Waals surface area contributed by atoms with Gasteiger partial charge in [-0.05, 0) is 46.5 Å². The average molecular weight is 324 g/mol. The van der Waals surface area contributed by atoms with Crippen molar-refractivity contribution in [1.29, 1.82) is 0 Å². The molecule has 0 fully saturated rings. The molecule has 0 aliphatic heterocycles. The topological polar surface area (TPSA) is 79.3 Å². The normalized spacial score (nSPS) is 13.7. The van der Waals surface area contributed by atoms with Crippen molar-refractivity contribution in [3.8, 4) is 0 Å². The average Bonchev–Trinajstić information content (AvgIpc) is 2.53. The first-order chi connectivity index (χ1) is 11.0. The second-order valence-electron chi connectivity index (χ2n) is 6.14. The van der Waals surface area contributed by atoms with E-state index in [9.17, 15) is 0 Å². The van der Waals surface area contributed by atoms with Crippen molar-refractivity contribution in [3.05, 3.63) is 11.3 Å². The summed E-state index contributed by atoms with van der Waals surface area (Å²) in [5.41, 5.74) is 2.04. The van der Waals surface area contributed by atoms with E-state index in [1.54, 1.807) is 0 Å². The number of aryl methyl sites for hydroxylation is 1. The zero-order valence-electron chi connectivity index (χ0n) is 15.1. The first-order valence-electron chi connectivity index (χ1n) is 8.52. The van der Waals surface area contributed by atoms with E-state index in [-0.39, 0.29) is 6.61 Å². The van der Waals surface area contributed by atoms with Crippen molar-refractivity contribution < 1.29 is 9.84 Å². The third-order valence-corrected chi connectivity index (χ3v) is 3.91. The van der Waals surface area contributed by atoms with Crippen molar-refractivity contribution in [1.82, 2.24) is 9.97 Å². The van der Waals surface area contributed by atoms with Gasteiger partial charge in [-0.1, -0.05) is 6.92 Å². The van der Waals surface area contributed by atoms with Crippen molar-refractivity contribution in [2.24, 2.45) is 5.92 Å². The van der Waals surface area contributed by atoms with Crippen LogP contribution in [0.4, 0.5) is 11.8 Å². The fraction of sp³-hybridized carbons (Fsp3) is 0.765. The van der Waals surface area contributed by atoms with Crippen LogP contribution in [-0.2, 0) is 4.74 Å². The molecular weight excluding hydrogens is 292 g/mol. The third-order valence-electron chi connectivity index (χ3n) is 3.91. The van der Waals surface area contributed by atoms with Crippen molar-refractivity contribution in [2.75, 3.05) is 37.0 Å². The summed E-state index contributed by atoms with van der Waals surface area (Å²) in [5.74, 6) is 1.84. The Morgan fingerprint density at radius 2 is 1.91 bits per heavy atom. The first kappa shape index (κ1) is 19.6. The molecule has 6 heteroatoms. The summed E-state index contributed by atoms with van der Waals surface area (Å²) in [6, 6.07) is 0.299. The van der Waals surface area contributed by atoms with E-state index >= 15 is 0 Å². The van der Waals surface area contributed by atoms with Crippen LogP contribution >= 0.6 is 0 Å². The van der Waals surface area contributed by atoms with Gasteiger partial charge >= 0.3 is 0 Å². The molecule has 3 N–H and O–H groups in total. The molecule has 1 aromatic heterocycles. The van der Waals surface area contributed by atoms with E-state index in [2.05, 4.69) is 34.4 Å². The molecule has 0 aliphatic carbocycles. The molecule has 1 aromatic rings. The van der Waals surface area contributed by atoms with Crippen molar-refractivity contribution in [3.63, 3.8) is 0 Å². The van der Waals surface area contributed by atoms with Crippen LogP contribution in [0.3, 0.4) is 0 Å². The maximum atomic E-state index is 9.12.